The third kappa shape index (κ3) is 3.14. The minimum absolute atomic E-state index is 0.344. The molecule has 4 heteroatoms. The van der Waals surface area contributed by atoms with Gasteiger partial charge in [0.05, 0.1) is 22.7 Å². The van der Waals surface area contributed by atoms with Crippen LogP contribution in [0, 0.1) is 13.8 Å². The number of methoxy groups -OCH3 is 1. The fourth-order valence-corrected chi connectivity index (χ4v) is 2.82. The number of thiazole rings is 1. The first kappa shape index (κ1) is 14.5. The molecule has 0 atom stereocenters. The summed E-state index contributed by atoms with van der Waals surface area (Å²) >= 11 is 1.59. The summed E-state index contributed by atoms with van der Waals surface area (Å²) in [7, 11) is 1.38. The van der Waals surface area contributed by atoms with E-state index in [1.807, 2.05) is 13.8 Å². The van der Waals surface area contributed by atoms with Crippen molar-refractivity contribution < 1.29 is 9.53 Å². The van der Waals surface area contributed by atoms with Crippen LogP contribution < -0.4 is 0 Å². The Morgan fingerprint density at radius 2 is 1.90 bits per heavy atom. The molecule has 104 valence electrons. The number of esters is 1. The Morgan fingerprint density at radius 3 is 2.50 bits per heavy atom. The van der Waals surface area contributed by atoms with E-state index in [4.69, 9.17) is 0 Å². The Kier molecular flexibility index (Phi) is 4.35. The van der Waals surface area contributed by atoms with Crippen molar-refractivity contribution in [2.75, 3.05) is 7.11 Å². The fraction of sp³-hybridized carbons (Fsp3) is 0.250. The second kappa shape index (κ2) is 6.01. The first-order chi connectivity index (χ1) is 9.51. The zero-order chi connectivity index (χ0) is 14.7. The van der Waals surface area contributed by atoms with Crippen molar-refractivity contribution in [2.24, 2.45) is 0 Å². The molecule has 0 radical (unpaired) electrons. The van der Waals surface area contributed by atoms with E-state index in [1.54, 1.807) is 11.3 Å². The van der Waals surface area contributed by atoms with Crippen molar-refractivity contribution in [3.63, 3.8) is 0 Å². The van der Waals surface area contributed by atoms with Crippen molar-refractivity contribution in [1.82, 2.24) is 4.98 Å². The van der Waals surface area contributed by atoms with E-state index in [2.05, 4.69) is 40.9 Å². The molecule has 0 saturated heterocycles. The molecule has 0 fully saturated rings. The van der Waals surface area contributed by atoms with Gasteiger partial charge in [-0.3, -0.25) is 0 Å². The number of rotatable bonds is 3. The number of aryl methyl sites for hydroxylation is 2. The van der Waals surface area contributed by atoms with E-state index in [9.17, 15) is 4.79 Å². The molecule has 0 saturated carbocycles. The molecule has 3 nitrogen and oxygen atoms in total. The lowest BCUT2D eigenvalue weighted by atomic mass is 10.1. The number of aromatic nitrogens is 1. The summed E-state index contributed by atoms with van der Waals surface area (Å²) in [4.78, 5) is 17.0. The lowest BCUT2D eigenvalue weighted by molar-refractivity contribution is -0.134. The minimum Gasteiger partial charge on any atom is -0.466 e. The monoisotopic (exact) mass is 287 g/mol. The van der Waals surface area contributed by atoms with Gasteiger partial charge in [-0.15, -0.1) is 11.3 Å². The van der Waals surface area contributed by atoms with E-state index < -0.39 is 0 Å². The minimum atomic E-state index is -0.344. The Labute approximate surface area is 122 Å². The van der Waals surface area contributed by atoms with E-state index in [-0.39, 0.29) is 5.97 Å². The second-order valence-corrected chi connectivity index (χ2v) is 5.83. The SMILES string of the molecule is COC(=O)/C=C(\C)c1sc(C)nc1-c1ccc(C)cc1. The van der Waals surface area contributed by atoms with Gasteiger partial charge in [0.2, 0.25) is 0 Å². The Balaban J connectivity index is 2.48. The Bertz CT molecular complexity index is 654. The van der Waals surface area contributed by atoms with E-state index in [0.717, 1.165) is 26.7 Å². The summed E-state index contributed by atoms with van der Waals surface area (Å²) in [5, 5.41) is 0.980. The highest BCUT2D eigenvalue weighted by Gasteiger charge is 2.13. The predicted octanol–water partition coefficient (Wildman–Crippen LogP) is 4.00. The van der Waals surface area contributed by atoms with Crippen LogP contribution >= 0.6 is 11.3 Å². The Morgan fingerprint density at radius 1 is 1.25 bits per heavy atom. The number of hydrogen-bond acceptors (Lipinski definition) is 4. The van der Waals surface area contributed by atoms with Gasteiger partial charge < -0.3 is 4.74 Å². The van der Waals surface area contributed by atoms with Crippen LogP contribution in [0.2, 0.25) is 0 Å². The van der Waals surface area contributed by atoms with Gasteiger partial charge in [0.1, 0.15) is 0 Å². The van der Waals surface area contributed by atoms with Gasteiger partial charge in [-0.05, 0) is 26.3 Å². The maximum absolute atomic E-state index is 11.4. The molecular weight excluding hydrogens is 270 g/mol. The average molecular weight is 287 g/mol. The summed E-state index contributed by atoms with van der Waals surface area (Å²) in [5.41, 5.74) is 4.07. The zero-order valence-corrected chi connectivity index (χ0v) is 12.9. The van der Waals surface area contributed by atoms with E-state index >= 15 is 0 Å². The summed E-state index contributed by atoms with van der Waals surface area (Å²) in [6.07, 6.45) is 1.50. The highest BCUT2D eigenvalue weighted by molar-refractivity contribution is 7.13. The molecule has 0 N–H and O–H groups in total. The van der Waals surface area contributed by atoms with Crippen molar-refractivity contribution in [3.8, 4) is 11.3 Å². The third-order valence-corrected chi connectivity index (χ3v) is 4.06. The van der Waals surface area contributed by atoms with Gasteiger partial charge in [0.25, 0.3) is 0 Å². The van der Waals surface area contributed by atoms with Gasteiger partial charge in [0.15, 0.2) is 0 Å². The highest BCUT2D eigenvalue weighted by atomic mass is 32.1. The maximum atomic E-state index is 11.4. The number of hydrogen-bond donors (Lipinski definition) is 0. The third-order valence-electron chi connectivity index (χ3n) is 2.95. The molecule has 0 bridgehead atoms. The van der Waals surface area contributed by atoms with Crippen molar-refractivity contribution in [1.29, 1.82) is 0 Å². The molecule has 1 aromatic heterocycles. The lowest BCUT2D eigenvalue weighted by Crippen LogP contribution is -1.95. The van der Waals surface area contributed by atoms with Gasteiger partial charge in [-0.2, -0.15) is 0 Å². The maximum Gasteiger partial charge on any atom is 0.330 e. The van der Waals surface area contributed by atoms with E-state index in [1.165, 1.54) is 18.7 Å². The molecular formula is C16H17NO2S. The van der Waals surface area contributed by atoms with Crippen molar-refractivity contribution in [3.05, 3.63) is 45.8 Å². The molecule has 0 aliphatic rings. The summed E-state index contributed by atoms with van der Waals surface area (Å²) in [5.74, 6) is -0.344. The van der Waals surface area contributed by atoms with Crippen molar-refractivity contribution >= 4 is 22.9 Å². The van der Waals surface area contributed by atoms with Gasteiger partial charge >= 0.3 is 5.97 Å². The van der Waals surface area contributed by atoms with Crippen LogP contribution in [0.4, 0.5) is 0 Å². The van der Waals surface area contributed by atoms with Crippen LogP contribution in [-0.2, 0) is 9.53 Å². The number of carbonyl (C=O) groups excluding carboxylic acids is 1. The number of nitrogens with zero attached hydrogens (tertiary/aromatic N) is 1. The highest BCUT2D eigenvalue weighted by Crippen LogP contribution is 2.33. The van der Waals surface area contributed by atoms with Crippen molar-refractivity contribution in [2.45, 2.75) is 20.8 Å². The zero-order valence-electron chi connectivity index (χ0n) is 12.1. The molecule has 2 aromatic rings. The molecule has 0 aliphatic heterocycles. The number of carbonyl (C=O) groups is 1. The summed E-state index contributed by atoms with van der Waals surface area (Å²) in [6, 6.07) is 8.23. The van der Waals surface area contributed by atoms with Crippen LogP contribution in [0.25, 0.3) is 16.8 Å². The molecule has 0 aliphatic carbocycles. The van der Waals surface area contributed by atoms with E-state index in [0.29, 0.717) is 0 Å². The average Bonchev–Trinajstić information content (AvgIpc) is 2.81. The van der Waals surface area contributed by atoms with Crippen LogP contribution in [0.1, 0.15) is 22.4 Å². The smallest absolute Gasteiger partial charge is 0.330 e. The number of benzene rings is 1. The van der Waals surface area contributed by atoms with Crippen LogP contribution in [0.15, 0.2) is 30.3 Å². The first-order valence-electron chi connectivity index (χ1n) is 6.32. The van der Waals surface area contributed by atoms with Crippen LogP contribution in [0.3, 0.4) is 0 Å². The topological polar surface area (TPSA) is 39.2 Å². The molecule has 0 unspecified atom stereocenters. The van der Waals surface area contributed by atoms with Gasteiger partial charge in [-0.1, -0.05) is 29.8 Å². The van der Waals surface area contributed by atoms with Crippen LogP contribution in [-0.4, -0.2) is 18.1 Å². The summed E-state index contributed by atoms with van der Waals surface area (Å²) < 4.78 is 4.68. The normalized spacial score (nSPS) is 11.5. The number of ether oxygens (including phenoxy) is 1. The second-order valence-electron chi connectivity index (χ2n) is 4.63. The summed E-state index contributed by atoms with van der Waals surface area (Å²) in [6.45, 7) is 5.93. The first-order valence-corrected chi connectivity index (χ1v) is 7.14. The lowest BCUT2D eigenvalue weighted by Gasteiger charge is -2.03. The molecule has 0 spiro atoms. The molecule has 1 aromatic carbocycles. The van der Waals surface area contributed by atoms with Crippen LogP contribution in [0.5, 0.6) is 0 Å². The standard InChI is InChI=1S/C16H17NO2S/c1-10-5-7-13(8-6-10)15-16(20-12(3)17-15)11(2)9-14(18)19-4/h5-9H,1-4H3/b11-9+. The number of allylic oxidation sites excluding steroid dienone is 1. The van der Waals surface area contributed by atoms with Gasteiger partial charge in [-0.25, -0.2) is 9.78 Å². The Hall–Kier alpha value is -1.94. The van der Waals surface area contributed by atoms with Gasteiger partial charge in [0, 0.05) is 11.6 Å². The predicted molar refractivity (Wildman–Crippen MR) is 82.7 cm³/mol. The largest absolute Gasteiger partial charge is 0.466 e. The molecule has 2 rings (SSSR count). The molecule has 0 amide bonds. The molecule has 1 heterocycles. The molecule has 20 heavy (non-hydrogen) atoms. The quantitative estimate of drug-likeness (QED) is 0.632. The fourth-order valence-electron chi connectivity index (χ4n) is 1.90.